The molecule has 0 nitrogen and oxygen atoms in total. The summed E-state index contributed by atoms with van der Waals surface area (Å²) in [4.78, 5) is 0. The van der Waals surface area contributed by atoms with Gasteiger partial charge < -0.3 is 0 Å². The maximum atomic E-state index is 8.38. The third-order valence-electron chi connectivity index (χ3n) is 6.13. The van der Waals surface area contributed by atoms with Crippen molar-refractivity contribution in [3.05, 3.63) is 146 Å². The molecule has 0 aliphatic carbocycles. The molecule has 0 N–H and O–H groups in total. The number of hydrogen-bond donors (Lipinski definition) is 0. The van der Waals surface area contributed by atoms with Crippen LogP contribution in [0.2, 0.25) is 0 Å². The van der Waals surface area contributed by atoms with E-state index < -0.39 is 19.6 Å². The fourth-order valence-electron chi connectivity index (χ4n) is 4.55. The zero-order valence-electron chi connectivity index (χ0n) is 19.0. The van der Waals surface area contributed by atoms with Gasteiger partial charge in [0.1, 0.15) is 0 Å². The van der Waals surface area contributed by atoms with E-state index in [2.05, 4.69) is 146 Å². The molecule has 172 valence electrons. The monoisotopic (exact) mass is 576 g/mol. The summed E-state index contributed by atoms with van der Waals surface area (Å²) in [6.45, 7) is 0. The third kappa shape index (κ3) is 4.03. The summed E-state index contributed by atoms with van der Waals surface area (Å²) >= 11 is -3.38. The van der Waals surface area contributed by atoms with E-state index in [4.69, 9.17) is 9.69 Å². The maximum absolute atomic E-state index is 8.38. The molecule has 0 unspecified atom stereocenters. The van der Waals surface area contributed by atoms with Crippen LogP contribution >= 0.6 is 15.9 Å². The number of halogens is 1. The Labute approximate surface area is 214 Å². The molecule has 35 heavy (non-hydrogen) atoms. The predicted molar refractivity (Wildman–Crippen MR) is 152 cm³/mol. The second kappa shape index (κ2) is 9.68. The van der Waals surface area contributed by atoms with Crippen molar-refractivity contribution in [2.75, 3.05) is 0 Å². The zero-order valence-corrected chi connectivity index (χ0v) is 22.4. The molecular formula is C32H24ClPRu. The Morgan fingerprint density at radius 2 is 0.771 bits per heavy atom. The average Bonchev–Trinajstić information content (AvgIpc) is 2.93. The molecule has 6 rings (SSSR count). The number of hydrogen-bond acceptors (Lipinski definition) is 0. The second-order valence-corrected chi connectivity index (χ2v) is 22.5. The fourth-order valence-corrected chi connectivity index (χ4v) is 23.4. The van der Waals surface area contributed by atoms with Crippen LogP contribution in [-0.2, 0) is 13.3 Å². The van der Waals surface area contributed by atoms with E-state index in [9.17, 15) is 0 Å². The van der Waals surface area contributed by atoms with Crippen LogP contribution in [0.5, 0.6) is 0 Å². The first-order chi connectivity index (χ1) is 17.3. The zero-order chi connectivity index (χ0) is 23.7. The van der Waals surface area contributed by atoms with Gasteiger partial charge in [-0.2, -0.15) is 0 Å². The van der Waals surface area contributed by atoms with E-state index in [-0.39, 0.29) is 0 Å². The first kappa shape index (κ1) is 22.6. The van der Waals surface area contributed by atoms with Crippen molar-refractivity contribution in [1.29, 1.82) is 0 Å². The van der Waals surface area contributed by atoms with Gasteiger partial charge in [-0.05, 0) is 0 Å². The minimum atomic E-state index is -3.38. The Hall–Kier alpha value is -2.82. The molecular weight excluding hydrogens is 552 g/mol. The van der Waals surface area contributed by atoms with Gasteiger partial charge in [-0.1, -0.05) is 0 Å². The quantitative estimate of drug-likeness (QED) is 0.149. The summed E-state index contributed by atoms with van der Waals surface area (Å²) in [7, 11) is 8.38. The normalized spacial score (nSPS) is 12.3. The van der Waals surface area contributed by atoms with Crippen molar-refractivity contribution >= 4 is 56.4 Å². The van der Waals surface area contributed by atoms with Gasteiger partial charge in [0.2, 0.25) is 0 Å². The molecule has 0 aliphatic rings. The average molecular weight is 576 g/mol. The molecule has 0 heterocycles. The molecule has 0 spiro atoms. The van der Waals surface area contributed by atoms with E-state index in [1.165, 1.54) is 40.5 Å². The van der Waals surface area contributed by atoms with Crippen molar-refractivity contribution < 1.29 is 13.3 Å². The van der Waals surface area contributed by atoms with Crippen molar-refractivity contribution in [2.45, 2.75) is 0 Å². The van der Waals surface area contributed by atoms with Gasteiger partial charge in [0.05, 0.1) is 0 Å². The van der Waals surface area contributed by atoms with Crippen LogP contribution in [0.25, 0.3) is 21.5 Å². The van der Waals surface area contributed by atoms with Crippen LogP contribution in [0.4, 0.5) is 0 Å². The summed E-state index contributed by atoms with van der Waals surface area (Å²) < 4.78 is 2.63. The summed E-state index contributed by atoms with van der Waals surface area (Å²) in [5.41, 5.74) is 0. The summed E-state index contributed by atoms with van der Waals surface area (Å²) in [6.07, 6.45) is -0.860. The summed E-state index contributed by atoms with van der Waals surface area (Å²) in [6, 6.07) is 52.6. The van der Waals surface area contributed by atoms with Gasteiger partial charge in [-0.15, -0.1) is 0 Å². The summed E-state index contributed by atoms with van der Waals surface area (Å²) in [5, 5.41) is 7.68. The van der Waals surface area contributed by atoms with Crippen LogP contribution in [-0.4, -0.2) is 0 Å². The van der Waals surface area contributed by atoms with Crippen LogP contribution in [0.15, 0.2) is 146 Å². The molecule has 0 fully saturated rings. The van der Waals surface area contributed by atoms with E-state index in [0.717, 1.165) is 0 Å². The van der Waals surface area contributed by atoms with Gasteiger partial charge in [0, 0.05) is 0 Å². The molecule has 3 heteroatoms. The predicted octanol–water partition coefficient (Wildman–Crippen LogP) is 7.30. The molecule has 0 aromatic heterocycles. The van der Waals surface area contributed by atoms with Crippen LogP contribution < -0.4 is 18.9 Å². The fraction of sp³-hybridized carbons (Fsp3) is 0. The number of benzene rings is 6. The van der Waals surface area contributed by atoms with Crippen molar-refractivity contribution in [3.63, 3.8) is 0 Å². The standard InChI is InChI=1S/C12H10P.2C10H7.ClH.Ru/c1-3-7-11(8-4-1)13-12-9-5-2-6-10-12;2*1-2-6-10-8-4-3-7-9(10)5-1;;/h1-10H;2*1-7H;1H;/q-1;;;;+2/p-1. The van der Waals surface area contributed by atoms with Gasteiger partial charge in [0.15, 0.2) is 0 Å². The Balaban J connectivity index is 1.77. The van der Waals surface area contributed by atoms with E-state index >= 15 is 0 Å². The molecule has 0 bridgehead atoms. The second-order valence-electron chi connectivity index (χ2n) is 8.28. The Kier molecular flexibility index (Phi) is 6.26. The first-order valence-electron chi connectivity index (χ1n) is 11.6. The van der Waals surface area contributed by atoms with E-state index in [1.807, 2.05) is 0 Å². The van der Waals surface area contributed by atoms with Crippen LogP contribution in [0, 0.1) is 0 Å². The topological polar surface area (TPSA) is 0 Å². The molecule has 6 aromatic rings. The third-order valence-corrected chi connectivity index (χ3v) is 23.8. The molecule has 0 radical (unpaired) electrons. The Morgan fingerprint density at radius 3 is 1.23 bits per heavy atom. The van der Waals surface area contributed by atoms with Gasteiger partial charge in [-0.25, -0.2) is 0 Å². The molecule has 6 aromatic carbocycles. The number of fused-ring (bicyclic) bond motifs is 2. The molecule has 0 atom stereocenters. The van der Waals surface area contributed by atoms with Crippen molar-refractivity contribution in [3.8, 4) is 0 Å². The van der Waals surface area contributed by atoms with Crippen LogP contribution in [0.1, 0.15) is 0 Å². The Morgan fingerprint density at radius 1 is 0.400 bits per heavy atom. The SMILES string of the molecule is [Cl][Ru]([c]1cccc2ccccc12)([c]1cccc2ccccc12)[P](c1ccccc1)c1ccccc1. The van der Waals surface area contributed by atoms with Crippen molar-refractivity contribution in [1.82, 2.24) is 0 Å². The first-order valence-corrected chi connectivity index (χ1v) is 19.1. The Bertz CT molecular complexity index is 1490. The number of rotatable bonds is 5. The molecule has 0 amide bonds. The van der Waals surface area contributed by atoms with E-state index in [0.29, 0.717) is 0 Å². The van der Waals surface area contributed by atoms with Gasteiger partial charge in [0.25, 0.3) is 0 Å². The van der Waals surface area contributed by atoms with Crippen LogP contribution in [0.3, 0.4) is 0 Å². The molecule has 0 saturated carbocycles. The summed E-state index contributed by atoms with van der Waals surface area (Å²) in [5.74, 6) is 0. The van der Waals surface area contributed by atoms with Gasteiger partial charge >= 0.3 is 215 Å². The van der Waals surface area contributed by atoms with E-state index in [1.54, 1.807) is 0 Å². The minimum absolute atomic E-state index is 0.860. The van der Waals surface area contributed by atoms with Gasteiger partial charge in [-0.3, -0.25) is 0 Å². The molecule has 0 aliphatic heterocycles. The molecule has 0 saturated heterocycles. The van der Waals surface area contributed by atoms with Crippen molar-refractivity contribution in [2.24, 2.45) is 0 Å².